The monoisotopic (exact) mass is 526 g/mol. The Labute approximate surface area is 221 Å². The SMILES string of the molecule is COc1ccc(N2CCOCC2)c2sc(C(=O)c3ccnc(CNCCCC(=O)OC(C)(C)C)c3)nc12. The number of aromatic nitrogens is 2. The van der Waals surface area contributed by atoms with Crippen LogP contribution < -0.4 is 15.0 Å². The number of hydrogen-bond acceptors (Lipinski definition) is 10. The minimum Gasteiger partial charge on any atom is -0.494 e. The molecule has 1 aliphatic rings. The number of ether oxygens (including phenoxy) is 3. The Morgan fingerprint density at radius 2 is 1.97 bits per heavy atom. The molecule has 0 atom stereocenters. The van der Waals surface area contributed by atoms with Gasteiger partial charge in [0.15, 0.2) is 5.01 Å². The smallest absolute Gasteiger partial charge is 0.306 e. The van der Waals surface area contributed by atoms with Gasteiger partial charge in [-0.15, -0.1) is 11.3 Å². The molecule has 0 amide bonds. The minimum absolute atomic E-state index is 0.148. The van der Waals surface area contributed by atoms with Crippen LogP contribution in [0.15, 0.2) is 30.5 Å². The first kappa shape index (κ1) is 27.0. The third kappa shape index (κ3) is 7.03. The summed E-state index contributed by atoms with van der Waals surface area (Å²) in [7, 11) is 1.61. The zero-order valence-electron chi connectivity index (χ0n) is 21.8. The lowest BCUT2D eigenvalue weighted by atomic mass is 10.1. The van der Waals surface area contributed by atoms with E-state index in [9.17, 15) is 9.59 Å². The van der Waals surface area contributed by atoms with E-state index in [2.05, 4.69) is 20.2 Å². The number of thiazole rings is 1. The second-order valence-corrected chi connectivity index (χ2v) is 10.8. The second-order valence-electron chi connectivity index (χ2n) is 9.81. The van der Waals surface area contributed by atoms with Gasteiger partial charge in [-0.1, -0.05) is 0 Å². The summed E-state index contributed by atoms with van der Waals surface area (Å²) in [6.07, 6.45) is 2.65. The number of anilines is 1. The number of pyridine rings is 1. The fourth-order valence-corrected chi connectivity index (χ4v) is 5.18. The van der Waals surface area contributed by atoms with E-state index in [1.807, 2.05) is 32.9 Å². The van der Waals surface area contributed by atoms with Gasteiger partial charge in [0.1, 0.15) is 16.9 Å². The zero-order valence-corrected chi connectivity index (χ0v) is 22.7. The number of ketones is 1. The molecule has 0 spiro atoms. The standard InChI is InChI=1S/C27H34N4O5S/c1-27(2,3)36-22(32)6-5-10-28-17-19-16-18(9-11-29-19)24(33)26-30-23-21(34-4)8-7-20(25(23)37-26)31-12-14-35-15-13-31/h7-9,11,16,28H,5-6,10,12-15,17H2,1-4H3. The van der Waals surface area contributed by atoms with Crippen molar-refractivity contribution in [2.45, 2.75) is 45.8 Å². The van der Waals surface area contributed by atoms with Gasteiger partial charge in [-0.25, -0.2) is 4.98 Å². The van der Waals surface area contributed by atoms with Crippen molar-refractivity contribution in [2.75, 3.05) is 44.9 Å². The van der Waals surface area contributed by atoms with Gasteiger partial charge >= 0.3 is 5.97 Å². The number of rotatable bonds is 10. The molecular weight excluding hydrogens is 492 g/mol. The largest absolute Gasteiger partial charge is 0.494 e. The third-order valence-electron chi connectivity index (χ3n) is 5.79. The van der Waals surface area contributed by atoms with Crippen molar-refractivity contribution in [3.05, 3.63) is 46.7 Å². The van der Waals surface area contributed by atoms with Crippen molar-refractivity contribution in [3.8, 4) is 5.75 Å². The molecular formula is C27H34N4O5S. The lowest BCUT2D eigenvalue weighted by Crippen LogP contribution is -2.36. The number of nitrogens with zero attached hydrogens (tertiary/aromatic N) is 3. The molecule has 0 unspecified atom stereocenters. The number of morpholine rings is 1. The maximum absolute atomic E-state index is 13.4. The number of benzene rings is 1. The predicted molar refractivity (Wildman–Crippen MR) is 144 cm³/mol. The van der Waals surface area contributed by atoms with Crippen LogP contribution in [0.25, 0.3) is 10.2 Å². The number of methoxy groups -OCH3 is 1. The van der Waals surface area contributed by atoms with Crippen LogP contribution >= 0.6 is 11.3 Å². The van der Waals surface area contributed by atoms with Crippen LogP contribution in [-0.2, 0) is 20.8 Å². The average molecular weight is 527 g/mol. The van der Waals surface area contributed by atoms with Crippen molar-refractivity contribution in [3.63, 3.8) is 0 Å². The highest BCUT2D eigenvalue weighted by Crippen LogP contribution is 2.38. The molecule has 0 aliphatic carbocycles. The summed E-state index contributed by atoms with van der Waals surface area (Å²) in [6.45, 7) is 9.64. The lowest BCUT2D eigenvalue weighted by molar-refractivity contribution is -0.154. The van der Waals surface area contributed by atoms with Gasteiger partial charge in [0, 0.05) is 37.8 Å². The third-order valence-corrected chi connectivity index (χ3v) is 6.87. The molecule has 1 fully saturated rings. The maximum atomic E-state index is 13.4. The highest BCUT2D eigenvalue weighted by molar-refractivity contribution is 7.21. The fourth-order valence-electron chi connectivity index (χ4n) is 4.09. The van der Waals surface area contributed by atoms with E-state index in [0.717, 1.165) is 29.2 Å². The number of nitrogens with one attached hydrogen (secondary N) is 1. The second kappa shape index (κ2) is 12.0. The molecule has 2 aromatic heterocycles. The number of esters is 1. The van der Waals surface area contributed by atoms with Crippen molar-refractivity contribution in [1.82, 2.24) is 15.3 Å². The minimum atomic E-state index is -0.472. The van der Waals surface area contributed by atoms with Gasteiger partial charge in [-0.3, -0.25) is 14.6 Å². The number of carbonyl (C=O) groups excluding carboxylic acids is 2. The van der Waals surface area contributed by atoms with Crippen molar-refractivity contribution >= 4 is 39.0 Å². The molecule has 0 radical (unpaired) electrons. The number of carbonyl (C=O) groups is 2. The first-order valence-corrected chi connectivity index (χ1v) is 13.3. The zero-order chi connectivity index (χ0) is 26.4. The molecule has 1 saturated heterocycles. The van der Waals surface area contributed by atoms with Crippen LogP contribution in [0.2, 0.25) is 0 Å². The van der Waals surface area contributed by atoms with Crippen LogP contribution in [0.1, 0.15) is 54.7 Å². The Morgan fingerprint density at radius 3 is 2.70 bits per heavy atom. The molecule has 9 nitrogen and oxygen atoms in total. The van der Waals surface area contributed by atoms with Crippen molar-refractivity contribution in [2.24, 2.45) is 0 Å². The van der Waals surface area contributed by atoms with Crippen LogP contribution in [0.4, 0.5) is 5.69 Å². The molecule has 1 aliphatic heterocycles. The van der Waals surface area contributed by atoms with Gasteiger partial charge in [0.2, 0.25) is 5.78 Å². The van der Waals surface area contributed by atoms with E-state index in [-0.39, 0.29) is 11.8 Å². The summed E-state index contributed by atoms with van der Waals surface area (Å²) in [6, 6.07) is 7.42. The molecule has 198 valence electrons. The first-order valence-electron chi connectivity index (χ1n) is 12.5. The molecule has 3 aromatic rings. The molecule has 1 N–H and O–H groups in total. The van der Waals surface area contributed by atoms with E-state index in [1.165, 1.54) is 11.3 Å². The first-order chi connectivity index (χ1) is 17.7. The Bertz CT molecular complexity index is 1250. The molecule has 10 heteroatoms. The molecule has 0 saturated carbocycles. The fraction of sp³-hybridized carbons (Fsp3) is 0.481. The van der Waals surface area contributed by atoms with E-state index >= 15 is 0 Å². The van der Waals surface area contributed by atoms with Gasteiger partial charge in [0.05, 0.1) is 36.4 Å². The summed E-state index contributed by atoms with van der Waals surface area (Å²) in [4.78, 5) is 36.6. The van der Waals surface area contributed by atoms with E-state index in [4.69, 9.17) is 14.2 Å². The van der Waals surface area contributed by atoms with E-state index in [0.29, 0.717) is 61.0 Å². The normalized spacial score (nSPS) is 14.1. The predicted octanol–water partition coefficient (Wildman–Crippen LogP) is 3.98. The van der Waals surface area contributed by atoms with Crippen LogP contribution in [0, 0.1) is 0 Å². The molecule has 4 rings (SSSR count). The average Bonchev–Trinajstić information content (AvgIpc) is 3.33. The highest BCUT2D eigenvalue weighted by atomic mass is 32.1. The lowest BCUT2D eigenvalue weighted by Gasteiger charge is -2.29. The Hall–Kier alpha value is -3.08. The summed E-state index contributed by atoms with van der Waals surface area (Å²) < 4.78 is 17.3. The van der Waals surface area contributed by atoms with Crippen LogP contribution in [-0.4, -0.2) is 67.3 Å². The van der Waals surface area contributed by atoms with E-state index in [1.54, 1.807) is 25.4 Å². The highest BCUT2D eigenvalue weighted by Gasteiger charge is 2.22. The van der Waals surface area contributed by atoms with Crippen molar-refractivity contribution in [1.29, 1.82) is 0 Å². The summed E-state index contributed by atoms with van der Waals surface area (Å²) >= 11 is 1.38. The number of fused-ring (bicyclic) bond motifs is 1. The maximum Gasteiger partial charge on any atom is 0.306 e. The molecule has 3 heterocycles. The van der Waals surface area contributed by atoms with Crippen LogP contribution in [0.3, 0.4) is 0 Å². The quantitative estimate of drug-likeness (QED) is 0.239. The van der Waals surface area contributed by atoms with Gasteiger partial charge in [0.25, 0.3) is 0 Å². The van der Waals surface area contributed by atoms with Crippen molar-refractivity contribution < 1.29 is 23.8 Å². The Kier molecular flexibility index (Phi) is 8.73. The summed E-state index contributed by atoms with van der Waals surface area (Å²) in [5, 5.41) is 3.69. The molecule has 37 heavy (non-hydrogen) atoms. The Morgan fingerprint density at radius 1 is 1.19 bits per heavy atom. The number of hydrogen-bond donors (Lipinski definition) is 1. The van der Waals surface area contributed by atoms with Crippen LogP contribution in [0.5, 0.6) is 5.75 Å². The molecule has 0 bridgehead atoms. The van der Waals surface area contributed by atoms with E-state index < -0.39 is 5.60 Å². The van der Waals surface area contributed by atoms with Gasteiger partial charge in [-0.05, 0) is 58.0 Å². The Balaban J connectivity index is 1.42. The summed E-state index contributed by atoms with van der Waals surface area (Å²) in [5.41, 5.74) is 2.55. The van der Waals surface area contributed by atoms with Gasteiger partial charge < -0.3 is 24.4 Å². The van der Waals surface area contributed by atoms with Gasteiger partial charge in [-0.2, -0.15) is 0 Å². The molecule has 1 aromatic carbocycles. The topological polar surface area (TPSA) is 103 Å². The summed E-state index contributed by atoms with van der Waals surface area (Å²) in [5.74, 6) is 0.294.